The molecule has 1 aromatic carbocycles. The molecule has 1 aromatic heterocycles. The van der Waals surface area contributed by atoms with Gasteiger partial charge in [0.05, 0.1) is 29.8 Å². The van der Waals surface area contributed by atoms with Crippen molar-refractivity contribution in [2.75, 3.05) is 26.7 Å². The van der Waals surface area contributed by atoms with Gasteiger partial charge in [-0.05, 0) is 69.6 Å². The molecule has 5 aliphatic rings. The molecule has 4 fully saturated rings. The van der Waals surface area contributed by atoms with E-state index in [0.29, 0.717) is 60.1 Å². The lowest BCUT2D eigenvalue weighted by atomic mass is 9.92. The highest BCUT2D eigenvalue weighted by molar-refractivity contribution is 7.91. The van der Waals surface area contributed by atoms with Gasteiger partial charge in [-0.3, -0.25) is 23.9 Å². The van der Waals surface area contributed by atoms with Gasteiger partial charge in [-0.25, -0.2) is 13.4 Å². The van der Waals surface area contributed by atoms with Gasteiger partial charge in [-0.1, -0.05) is 36.6 Å². The number of nitrogens with one attached hydrogen (secondary N) is 2. The minimum absolute atomic E-state index is 0.0241. The average molecular weight is 838 g/mol. The largest absolute Gasteiger partial charge is 0.495 e. The lowest BCUT2D eigenvalue weighted by molar-refractivity contribution is -0.186. The molecule has 4 amide bonds. The van der Waals surface area contributed by atoms with Crippen LogP contribution in [0.4, 0.5) is 13.2 Å². The summed E-state index contributed by atoms with van der Waals surface area (Å²) in [5.74, 6) is -4.66. The van der Waals surface area contributed by atoms with Crippen LogP contribution >= 0.6 is 11.6 Å². The third-order valence-electron chi connectivity index (χ3n) is 12.0. The van der Waals surface area contributed by atoms with Crippen LogP contribution in [0.3, 0.4) is 0 Å². The first kappa shape index (κ1) is 41.1. The van der Waals surface area contributed by atoms with Gasteiger partial charge < -0.3 is 24.6 Å². The minimum Gasteiger partial charge on any atom is -0.495 e. The highest BCUT2D eigenvalue weighted by atomic mass is 35.5. The standard InChI is InChI=1S/C39H47ClF3N5O8S/c1-55-31-12-11-29-28(33(31)40)13-16-44-35(29)56-26-20-30-34(50)45-38(37(52)46-57(53,54)27-9-10-27)21-25(38)8-6-4-2-3-5-7-23(36(51)48(30)22-26)19-32(49)47-17-14-24(15-18-47)39(41,42)43/h6,8,11-13,16,23-27,30H,2-5,7,9-10,14-15,17-22H2,1H3,(H,45,50)(H,46,52)/b8-6-/t23-,25-,26-,30+,38-/m1/s1. The number of pyridine rings is 1. The number of carbonyl (C=O) groups excluding carboxylic acids is 4. The van der Waals surface area contributed by atoms with Crippen molar-refractivity contribution in [1.82, 2.24) is 24.8 Å². The number of methoxy groups -OCH3 is 1. The molecule has 2 aliphatic carbocycles. The van der Waals surface area contributed by atoms with Crippen LogP contribution in [-0.2, 0) is 29.2 Å². The number of likely N-dealkylation sites (tertiary alicyclic amines) is 1. The molecule has 7 rings (SSSR count). The molecule has 0 spiro atoms. The Labute approximate surface area is 334 Å². The number of hydrogen-bond donors (Lipinski definition) is 2. The normalized spacial score (nSPS) is 28.4. The number of allylic oxidation sites excluding steroid dienone is 1. The molecule has 2 aromatic rings. The van der Waals surface area contributed by atoms with E-state index in [9.17, 15) is 40.8 Å². The molecule has 0 unspecified atom stereocenters. The molecule has 2 saturated carbocycles. The molecule has 5 atom stereocenters. The minimum atomic E-state index is -4.35. The summed E-state index contributed by atoms with van der Waals surface area (Å²) in [5, 5.41) is 3.67. The van der Waals surface area contributed by atoms with Gasteiger partial charge in [0.25, 0.3) is 5.91 Å². The molecule has 0 bridgehead atoms. The summed E-state index contributed by atoms with van der Waals surface area (Å²) < 4.78 is 79.8. The van der Waals surface area contributed by atoms with Crippen LogP contribution in [0.25, 0.3) is 10.8 Å². The number of aromatic nitrogens is 1. The van der Waals surface area contributed by atoms with Gasteiger partial charge in [0.15, 0.2) is 0 Å². The lowest BCUT2D eigenvalue weighted by Gasteiger charge is -2.34. The first-order valence-corrected chi connectivity index (χ1v) is 21.5. The lowest BCUT2D eigenvalue weighted by Crippen LogP contribution is -2.57. The van der Waals surface area contributed by atoms with Crippen LogP contribution in [0.15, 0.2) is 36.5 Å². The second kappa shape index (κ2) is 16.3. The van der Waals surface area contributed by atoms with Crippen LogP contribution in [0, 0.1) is 17.8 Å². The number of benzene rings is 1. The van der Waals surface area contributed by atoms with Crippen LogP contribution in [-0.4, -0.2) is 103 Å². The Balaban J connectivity index is 1.17. The summed E-state index contributed by atoms with van der Waals surface area (Å²) in [6.07, 6.45) is 3.42. The fourth-order valence-corrected chi connectivity index (χ4v) is 10.0. The maximum Gasteiger partial charge on any atom is 0.391 e. The van der Waals surface area contributed by atoms with Crippen molar-refractivity contribution in [1.29, 1.82) is 0 Å². The number of carbonyl (C=O) groups is 4. The van der Waals surface area contributed by atoms with Gasteiger partial charge in [0.1, 0.15) is 23.4 Å². The van der Waals surface area contributed by atoms with E-state index in [-0.39, 0.29) is 57.6 Å². The van der Waals surface area contributed by atoms with E-state index in [1.165, 1.54) is 23.1 Å². The zero-order valence-electron chi connectivity index (χ0n) is 31.6. The molecule has 2 N–H and O–H groups in total. The Hall–Kier alpha value is -4.12. The van der Waals surface area contributed by atoms with E-state index in [4.69, 9.17) is 21.1 Å². The number of hydrogen-bond acceptors (Lipinski definition) is 9. The van der Waals surface area contributed by atoms with Crippen molar-refractivity contribution in [3.63, 3.8) is 0 Å². The van der Waals surface area contributed by atoms with E-state index < -0.39 is 80.5 Å². The van der Waals surface area contributed by atoms with E-state index >= 15 is 0 Å². The van der Waals surface area contributed by atoms with E-state index in [1.54, 1.807) is 18.2 Å². The fourth-order valence-electron chi connectivity index (χ4n) is 8.36. The molecule has 13 nitrogen and oxygen atoms in total. The van der Waals surface area contributed by atoms with Crippen LogP contribution in [0.5, 0.6) is 11.6 Å². The third kappa shape index (κ3) is 8.83. The zero-order valence-corrected chi connectivity index (χ0v) is 33.1. The molecule has 310 valence electrons. The van der Waals surface area contributed by atoms with Crippen LogP contribution < -0.4 is 19.5 Å². The van der Waals surface area contributed by atoms with Crippen molar-refractivity contribution in [3.8, 4) is 11.6 Å². The molecule has 3 aliphatic heterocycles. The molecular weight excluding hydrogens is 791 g/mol. The molecule has 18 heteroatoms. The highest BCUT2D eigenvalue weighted by Gasteiger charge is 2.62. The second-order valence-corrected chi connectivity index (χ2v) is 18.2. The van der Waals surface area contributed by atoms with Crippen LogP contribution in [0.1, 0.15) is 77.0 Å². The first-order valence-electron chi connectivity index (χ1n) is 19.6. The van der Waals surface area contributed by atoms with E-state index in [1.807, 2.05) is 12.2 Å². The van der Waals surface area contributed by atoms with E-state index in [0.717, 1.165) is 6.42 Å². The number of rotatable bonds is 8. The van der Waals surface area contributed by atoms with E-state index in [2.05, 4.69) is 15.0 Å². The van der Waals surface area contributed by atoms with Gasteiger partial charge in [-0.2, -0.15) is 13.2 Å². The average Bonchev–Trinajstić information content (AvgIpc) is 4.10. The Bertz CT molecular complexity index is 2040. The van der Waals surface area contributed by atoms with Crippen molar-refractivity contribution in [2.45, 2.75) is 106 Å². The Kier molecular flexibility index (Phi) is 11.7. The SMILES string of the molecule is COc1ccc2c(O[C@@H]3C[C@H]4C(=O)N[C@]5(C(=O)NS(=O)(=O)C6CC6)C[C@H]5/C=C\CCCCC[C@H](CC(=O)N5CCC(C(F)(F)F)CC5)C(=O)N4C3)nccc2c1Cl. The summed E-state index contributed by atoms with van der Waals surface area (Å²) in [4.78, 5) is 63.6. The number of halogens is 4. The predicted octanol–water partition coefficient (Wildman–Crippen LogP) is 5.06. The molecule has 57 heavy (non-hydrogen) atoms. The number of ether oxygens (including phenoxy) is 2. The number of alkyl halides is 3. The third-order valence-corrected chi connectivity index (χ3v) is 14.2. The molecule has 4 heterocycles. The van der Waals surface area contributed by atoms with Gasteiger partial charge in [0.2, 0.25) is 33.6 Å². The summed E-state index contributed by atoms with van der Waals surface area (Å²) in [6.45, 7) is -0.230. The van der Waals surface area contributed by atoms with Crippen molar-refractivity contribution < 1.29 is 50.2 Å². The Morgan fingerprint density at radius 3 is 2.51 bits per heavy atom. The van der Waals surface area contributed by atoms with Crippen molar-refractivity contribution >= 4 is 56.0 Å². The summed E-state index contributed by atoms with van der Waals surface area (Å²) in [6, 6.07) is 3.91. The number of fused-ring (bicyclic) bond motifs is 3. The topological polar surface area (TPSA) is 164 Å². The summed E-state index contributed by atoms with van der Waals surface area (Å²) in [5.41, 5.74) is -1.56. The number of piperidine rings is 1. The fraction of sp³-hybridized carbons (Fsp3) is 0.615. The Morgan fingerprint density at radius 1 is 1.05 bits per heavy atom. The maximum absolute atomic E-state index is 14.7. The Morgan fingerprint density at radius 2 is 1.81 bits per heavy atom. The van der Waals surface area contributed by atoms with Gasteiger partial charge in [-0.15, -0.1) is 0 Å². The zero-order chi connectivity index (χ0) is 40.7. The maximum atomic E-state index is 14.7. The van der Waals surface area contributed by atoms with Gasteiger partial charge in [0, 0.05) is 54.7 Å². The summed E-state index contributed by atoms with van der Waals surface area (Å²) >= 11 is 6.58. The van der Waals surface area contributed by atoms with Crippen LogP contribution in [0.2, 0.25) is 5.02 Å². The smallest absolute Gasteiger partial charge is 0.391 e. The highest BCUT2D eigenvalue weighted by Crippen LogP contribution is 2.46. The first-order chi connectivity index (χ1) is 27.1. The molecule has 2 saturated heterocycles. The van der Waals surface area contributed by atoms with Gasteiger partial charge >= 0.3 is 6.18 Å². The monoisotopic (exact) mass is 837 g/mol. The van der Waals surface area contributed by atoms with Crippen molar-refractivity contribution in [3.05, 3.63) is 41.6 Å². The predicted molar refractivity (Wildman–Crippen MR) is 203 cm³/mol. The number of nitrogens with zero attached hydrogens (tertiary/aromatic N) is 3. The number of amides is 4. The van der Waals surface area contributed by atoms with Crippen molar-refractivity contribution in [2.24, 2.45) is 17.8 Å². The quantitative estimate of drug-likeness (QED) is 0.346. The second-order valence-electron chi connectivity index (χ2n) is 15.9. The molecular formula is C39H47ClF3N5O8S. The summed E-state index contributed by atoms with van der Waals surface area (Å²) in [7, 11) is -2.45. The molecule has 0 radical (unpaired) electrons. The number of sulfonamides is 1.